The van der Waals surface area contributed by atoms with Gasteiger partial charge in [0.25, 0.3) is 0 Å². The molecule has 3 aromatic rings. The number of nitrogens with one attached hydrogen (secondary N) is 1. The van der Waals surface area contributed by atoms with Crippen molar-refractivity contribution in [3.8, 4) is 11.5 Å². The van der Waals surface area contributed by atoms with Crippen LogP contribution in [0.5, 0.6) is 11.5 Å². The minimum absolute atomic E-state index is 0.118. The second-order valence-electron chi connectivity index (χ2n) is 9.01. The number of ether oxygens (including phenoxy) is 2. The lowest BCUT2D eigenvalue weighted by atomic mass is 9.75. The Morgan fingerprint density at radius 3 is 2.58 bits per heavy atom. The molecule has 2 aromatic carbocycles. The lowest BCUT2D eigenvalue weighted by Gasteiger charge is -2.30. The van der Waals surface area contributed by atoms with E-state index in [1.54, 1.807) is 12.1 Å². The van der Waals surface area contributed by atoms with E-state index < -0.39 is 0 Å². The molecule has 6 rings (SSSR count). The van der Waals surface area contributed by atoms with E-state index in [1.807, 2.05) is 24.4 Å². The van der Waals surface area contributed by atoms with Crippen molar-refractivity contribution in [2.45, 2.75) is 38.0 Å². The predicted molar refractivity (Wildman–Crippen MR) is 120 cm³/mol. The molecule has 2 heterocycles. The second kappa shape index (κ2) is 7.13. The van der Waals surface area contributed by atoms with Gasteiger partial charge in [0.05, 0.1) is 5.52 Å². The zero-order valence-corrected chi connectivity index (χ0v) is 17.8. The van der Waals surface area contributed by atoms with Gasteiger partial charge in [-0.1, -0.05) is 11.6 Å². The van der Waals surface area contributed by atoms with Gasteiger partial charge in [-0.2, -0.15) is 0 Å². The summed E-state index contributed by atoms with van der Waals surface area (Å²) < 4.78 is 11.1. The van der Waals surface area contributed by atoms with E-state index >= 15 is 0 Å². The fraction of sp³-hybridized carbons (Fsp3) is 0.360. The molecule has 1 unspecified atom stereocenters. The monoisotopic (exact) mass is 434 g/mol. The summed E-state index contributed by atoms with van der Waals surface area (Å²) in [6.45, 7) is 0.270. The van der Waals surface area contributed by atoms with Crippen molar-refractivity contribution < 1.29 is 14.3 Å². The van der Waals surface area contributed by atoms with Crippen LogP contribution in [0.4, 0.5) is 5.69 Å². The molecule has 1 aromatic heterocycles. The molecule has 5 nitrogen and oxygen atoms in total. The number of amides is 1. The van der Waals surface area contributed by atoms with Crippen molar-refractivity contribution in [3.63, 3.8) is 0 Å². The standard InChI is InChI=1S/C25H23ClN2O3/c26-16-1-3-17(4-2-16)28-24(29)20-13-25(20)8-5-15(6-9-25)18-7-10-27-21-12-23-22(11-19(18)21)30-14-31-23/h1-4,7,10-12,15,20H,5-6,8-9,13-14H2,(H,28,29). The van der Waals surface area contributed by atoms with Crippen molar-refractivity contribution in [1.29, 1.82) is 0 Å². The first-order valence-electron chi connectivity index (χ1n) is 10.9. The summed E-state index contributed by atoms with van der Waals surface area (Å²) in [6.07, 6.45) is 7.25. The average Bonchev–Trinajstić information content (AvgIpc) is 3.28. The molecule has 3 aliphatic rings. The summed E-state index contributed by atoms with van der Waals surface area (Å²) in [7, 11) is 0. The zero-order chi connectivity index (χ0) is 21.0. The largest absolute Gasteiger partial charge is 0.454 e. The number of anilines is 1. The number of carbonyl (C=O) groups excluding carboxylic acids is 1. The second-order valence-corrected chi connectivity index (χ2v) is 9.45. The maximum Gasteiger partial charge on any atom is 0.231 e. The zero-order valence-electron chi connectivity index (χ0n) is 17.1. The highest BCUT2D eigenvalue weighted by Gasteiger charge is 2.58. The van der Waals surface area contributed by atoms with Crippen LogP contribution >= 0.6 is 11.6 Å². The van der Waals surface area contributed by atoms with Gasteiger partial charge in [0.1, 0.15) is 0 Å². The molecule has 2 fully saturated rings. The summed E-state index contributed by atoms with van der Waals surface area (Å²) in [6, 6.07) is 13.5. The first-order chi connectivity index (χ1) is 15.1. The SMILES string of the molecule is O=C(Nc1ccc(Cl)cc1)C1CC12CCC(c1ccnc3cc4c(cc13)OCO4)CC2. The van der Waals surface area contributed by atoms with Gasteiger partial charge in [-0.15, -0.1) is 0 Å². The number of hydrogen-bond donors (Lipinski definition) is 1. The van der Waals surface area contributed by atoms with E-state index in [-0.39, 0.29) is 24.0 Å². The Balaban J connectivity index is 1.15. The highest BCUT2D eigenvalue weighted by atomic mass is 35.5. The number of fused-ring (bicyclic) bond motifs is 2. The average molecular weight is 435 g/mol. The normalized spacial score (nSPS) is 26.2. The molecule has 1 aliphatic heterocycles. The van der Waals surface area contributed by atoms with Gasteiger partial charge in [0.2, 0.25) is 12.7 Å². The quantitative estimate of drug-likeness (QED) is 0.555. The first-order valence-corrected chi connectivity index (χ1v) is 11.2. The van der Waals surface area contributed by atoms with Crippen LogP contribution in [0.25, 0.3) is 10.9 Å². The molecule has 0 saturated heterocycles. The van der Waals surface area contributed by atoms with Crippen molar-refractivity contribution in [2.75, 3.05) is 12.1 Å². The molecule has 2 aliphatic carbocycles. The molecular weight excluding hydrogens is 412 g/mol. The molecule has 2 saturated carbocycles. The van der Waals surface area contributed by atoms with Gasteiger partial charge < -0.3 is 14.8 Å². The predicted octanol–water partition coefficient (Wildman–Crippen LogP) is 5.92. The molecule has 0 radical (unpaired) electrons. The lowest BCUT2D eigenvalue weighted by molar-refractivity contribution is -0.118. The topological polar surface area (TPSA) is 60.5 Å². The molecule has 6 heteroatoms. The number of rotatable bonds is 3. The van der Waals surface area contributed by atoms with Crippen LogP contribution in [0.1, 0.15) is 43.6 Å². The number of halogens is 1. The molecule has 1 N–H and O–H groups in total. The molecule has 158 valence electrons. The number of pyridine rings is 1. The Kier molecular flexibility index (Phi) is 4.35. The van der Waals surface area contributed by atoms with E-state index in [1.165, 1.54) is 5.56 Å². The number of carbonyl (C=O) groups is 1. The van der Waals surface area contributed by atoms with Crippen LogP contribution in [0.3, 0.4) is 0 Å². The van der Waals surface area contributed by atoms with Crippen LogP contribution in [0, 0.1) is 11.3 Å². The van der Waals surface area contributed by atoms with E-state index in [0.717, 1.165) is 60.2 Å². The van der Waals surface area contributed by atoms with Gasteiger partial charge in [0.15, 0.2) is 11.5 Å². The highest BCUT2D eigenvalue weighted by molar-refractivity contribution is 6.30. The summed E-state index contributed by atoms with van der Waals surface area (Å²) in [5.74, 6) is 2.31. The number of hydrogen-bond acceptors (Lipinski definition) is 4. The van der Waals surface area contributed by atoms with Crippen molar-refractivity contribution in [2.24, 2.45) is 11.3 Å². The summed E-state index contributed by atoms with van der Waals surface area (Å²) >= 11 is 5.94. The number of benzene rings is 2. The fourth-order valence-electron chi connectivity index (χ4n) is 5.45. The smallest absolute Gasteiger partial charge is 0.231 e. The van der Waals surface area contributed by atoms with Gasteiger partial charge >= 0.3 is 0 Å². The van der Waals surface area contributed by atoms with Gasteiger partial charge in [-0.25, -0.2) is 0 Å². The van der Waals surface area contributed by atoms with Crippen LogP contribution in [0.15, 0.2) is 48.7 Å². The fourth-order valence-corrected chi connectivity index (χ4v) is 5.58. The molecular formula is C25H23ClN2O3. The van der Waals surface area contributed by atoms with Gasteiger partial charge in [0, 0.05) is 34.3 Å². The van der Waals surface area contributed by atoms with Crippen molar-refractivity contribution >= 4 is 34.1 Å². The Labute approximate surface area is 185 Å². The van der Waals surface area contributed by atoms with E-state index in [4.69, 9.17) is 21.1 Å². The Hall–Kier alpha value is -2.79. The Bertz CT molecular complexity index is 1170. The maximum absolute atomic E-state index is 12.8. The third kappa shape index (κ3) is 3.32. The van der Waals surface area contributed by atoms with E-state index in [9.17, 15) is 4.79 Å². The minimum atomic E-state index is 0.118. The first kappa shape index (κ1) is 18.9. The Morgan fingerprint density at radius 2 is 1.81 bits per heavy atom. The Morgan fingerprint density at radius 1 is 1.06 bits per heavy atom. The van der Waals surface area contributed by atoms with Crippen LogP contribution in [-0.4, -0.2) is 17.7 Å². The third-order valence-electron chi connectivity index (χ3n) is 7.31. The summed E-state index contributed by atoms with van der Waals surface area (Å²) in [5, 5.41) is 4.89. The maximum atomic E-state index is 12.8. The van der Waals surface area contributed by atoms with Crippen LogP contribution in [-0.2, 0) is 4.79 Å². The van der Waals surface area contributed by atoms with Crippen LogP contribution in [0.2, 0.25) is 5.02 Å². The number of nitrogens with zero attached hydrogens (tertiary/aromatic N) is 1. The minimum Gasteiger partial charge on any atom is -0.454 e. The summed E-state index contributed by atoms with van der Waals surface area (Å²) in [4.78, 5) is 17.3. The summed E-state index contributed by atoms with van der Waals surface area (Å²) in [5.41, 5.74) is 3.27. The van der Waals surface area contributed by atoms with Crippen LogP contribution < -0.4 is 14.8 Å². The molecule has 1 atom stereocenters. The van der Waals surface area contributed by atoms with Crippen molar-refractivity contribution in [1.82, 2.24) is 4.98 Å². The molecule has 0 bridgehead atoms. The highest BCUT2D eigenvalue weighted by Crippen LogP contribution is 2.63. The van der Waals surface area contributed by atoms with E-state index in [0.29, 0.717) is 10.9 Å². The lowest BCUT2D eigenvalue weighted by Crippen LogP contribution is -2.22. The number of aromatic nitrogens is 1. The van der Waals surface area contributed by atoms with Crippen molar-refractivity contribution in [3.05, 3.63) is 59.2 Å². The van der Waals surface area contributed by atoms with Gasteiger partial charge in [-0.05, 0) is 85.4 Å². The molecule has 31 heavy (non-hydrogen) atoms. The van der Waals surface area contributed by atoms with Gasteiger partial charge in [-0.3, -0.25) is 9.78 Å². The van der Waals surface area contributed by atoms with E-state index in [2.05, 4.69) is 22.4 Å². The molecule has 1 amide bonds. The third-order valence-corrected chi connectivity index (χ3v) is 7.56. The molecule has 1 spiro atoms.